The van der Waals surface area contributed by atoms with Crippen LogP contribution < -0.4 is 0 Å². The van der Waals surface area contributed by atoms with Crippen molar-refractivity contribution in [1.82, 2.24) is 0 Å². The van der Waals surface area contributed by atoms with Gasteiger partial charge in [-0.2, -0.15) is 0 Å². The third kappa shape index (κ3) is 12.8. The number of aliphatic hydroxyl groups excluding tert-OH is 1. The maximum absolute atomic E-state index is 9.25. The molecule has 2 unspecified atom stereocenters. The fourth-order valence-electron chi connectivity index (χ4n) is 4.18. The van der Waals surface area contributed by atoms with Crippen LogP contribution in [0.15, 0.2) is 0 Å². The van der Waals surface area contributed by atoms with Gasteiger partial charge in [-0.25, -0.2) is 0 Å². The van der Waals surface area contributed by atoms with Gasteiger partial charge in [0, 0.05) is 6.61 Å². The van der Waals surface area contributed by atoms with Gasteiger partial charge in [0.1, 0.15) is 0 Å². The number of ether oxygens (including phenoxy) is 1. The number of aliphatic hydroxyl groups is 1. The molecule has 2 heteroatoms. The Hall–Kier alpha value is -0.0800. The zero-order valence-corrected chi connectivity index (χ0v) is 17.2. The van der Waals surface area contributed by atoms with Crippen molar-refractivity contribution in [3.63, 3.8) is 0 Å². The standard InChI is InChI=1S/C23H46O2/c1-2-3-4-5-6-7-8-9-10-11-12-13-14-15-16-17-18-22-19-20-25-23(22)21-24/h22-24H,2-21H2,1H3. The van der Waals surface area contributed by atoms with Crippen LogP contribution in [0.4, 0.5) is 0 Å². The Morgan fingerprint density at radius 1 is 0.680 bits per heavy atom. The van der Waals surface area contributed by atoms with Crippen molar-refractivity contribution in [2.24, 2.45) is 5.92 Å². The van der Waals surface area contributed by atoms with Crippen molar-refractivity contribution in [2.45, 2.75) is 129 Å². The highest BCUT2D eigenvalue weighted by Crippen LogP contribution is 2.26. The molecule has 150 valence electrons. The first-order valence-corrected chi connectivity index (χ1v) is 11.6. The molecular formula is C23H46O2. The van der Waals surface area contributed by atoms with E-state index in [-0.39, 0.29) is 12.7 Å². The van der Waals surface area contributed by atoms with Crippen molar-refractivity contribution < 1.29 is 9.84 Å². The van der Waals surface area contributed by atoms with E-state index in [4.69, 9.17) is 4.74 Å². The second-order valence-corrected chi connectivity index (χ2v) is 8.23. The first-order valence-electron chi connectivity index (χ1n) is 11.6. The minimum Gasteiger partial charge on any atom is -0.394 e. The summed E-state index contributed by atoms with van der Waals surface area (Å²) in [6, 6.07) is 0. The van der Waals surface area contributed by atoms with Gasteiger partial charge in [0.05, 0.1) is 12.7 Å². The summed E-state index contributed by atoms with van der Waals surface area (Å²) in [6.07, 6.45) is 25.4. The van der Waals surface area contributed by atoms with E-state index in [0.717, 1.165) is 13.0 Å². The fraction of sp³-hybridized carbons (Fsp3) is 1.00. The molecular weight excluding hydrogens is 308 g/mol. The summed E-state index contributed by atoms with van der Waals surface area (Å²) in [6.45, 7) is 3.36. The van der Waals surface area contributed by atoms with Gasteiger partial charge in [0.2, 0.25) is 0 Å². The van der Waals surface area contributed by atoms with Crippen LogP contribution in [0.2, 0.25) is 0 Å². The largest absolute Gasteiger partial charge is 0.394 e. The summed E-state index contributed by atoms with van der Waals surface area (Å²) in [7, 11) is 0. The molecule has 0 saturated carbocycles. The normalized spacial score (nSPS) is 20.4. The second kappa shape index (κ2) is 17.3. The lowest BCUT2D eigenvalue weighted by Gasteiger charge is -2.15. The highest BCUT2D eigenvalue weighted by atomic mass is 16.5. The molecule has 1 heterocycles. The topological polar surface area (TPSA) is 29.5 Å². The van der Waals surface area contributed by atoms with Crippen molar-refractivity contribution in [3.05, 3.63) is 0 Å². The molecule has 1 N–H and O–H groups in total. The van der Waals surface area contributed by atoms with E-state index in [1.807, 2.05) is 0 Å². The van der Waals surface area contributed by atoms with E-state index in [0.29, 0.717) is 5.92 Å². The van der Waals surface area contributed by atoms with Crippen LogP contribution in [-0.2, 0) is 4.74 Å². The van der Waals surface area contributed by atoms with E-state index in [1.54, 1.807) is 0 Å². The van der Waals surface area contributed by atoms with Gasteiger partial charge in [-0.1, -0.05) is 110 Å². The molecule has 1 fully saturated rings. The maximum Gasteiger partial charge on any atom is 0.0834 e. The Morgan fingerprint density at radius 2 is 1.12 bits per heavy atom. The van der Waals surface area contributed by atoms with Crippen LogP contribution in [0.3, 0.4) is 0 Å². The molecule has 0 aromatic rings. The molecule has 0 bridgehead atoms. The number of rotatable bonds is 18. The van der Waals surface area contributed by atoms with Gasteiger partial charge in [-0.15, -0.1) is 0 Å². The zero-order chi connectivity index (χ0) is 18.0. The smallest absolute Gasteiger partial charge is 0.0834 e. The highest BCUT2D eigenvalue weighted by Gasteiger charge is 2.26. The number of unbranched alkanes of at least 4 members (excludes halogenated alkanes) is 15. The van der Waals surface area contributed by atoms with E-state index in [1.165, 1.54) is 109 Å². The van der Waals surface area contributed by atoms with Gasteiger partial charge < -0.3 is 9.84 Å². The van der Waals surface area contributed by atoms with Crippen LogP contribution in [0.5, 0.6) is 0 Å². The summed E-state index contributed by atoms with van der Waals surface area (Å²) in [5.74, 6) is 0.622. The zero-order valence-electron chi connectivity index (χ0n) is 17.2. The van der Waals surface area contributed by atoms with Gasteiger partial charge >= 0.3 is 0 Å². The van der Waals surface area contributed by atoms with Crippen LogP contribution >= 0.6 is 0 Å². The summed E-state index contributed by atoms with van der Waals surface area (Å²) < 4.78 is 5.54. The van der Waals surface area contributed by atoms with Gasteiger partial charge in [0.25, 0.3) is 0 Å². The highest BCUT2D eigenvalue weighted by molar-refractivity contribution is 4.75. The predicted octanol–water partition coefficient (Wildman–Crippen LogP) is 7.04. The van der Waals surface area contributed by atoms with Crippen molar-refractivity contribution in [2.75, 3.05) is 13.2 Å². The van der Waals surface area contributed by atoms with Crippen LogP contribution in [0.25, 0.3) is 0 Å². The third-order valence-corrected chi connectivity index (χ3v) is 5.95. The Labute approximate surface area is 158 Å². The van der Waals surface area contributed by atoms with E-state index in [9.17, 15) is 5.11 Å². The minimum atomic E-state index is 0.136. The second-order valence-electron chi connectivity index (χ2n) is 8.23. The molecule has 0 spiro atoms. The SMILES string of the molecule is CCCCCCCCCCCCCCCCCCC1CCOC1CO. The molecule has 1 aliphatic rings. The average Bonchev–Trinajstić information content (AvgIpc) is 3.09. The minimum absolute atomic E-state index is 0.136. The van der Waals surface area contributed by atoms with Gasteiger partial charge in [0.15, 0.2) is 0 Å². The Morgan fingerprint density at radius 3 is 1.56 bits per heavy atom. The molecule has 0 aromatic heterocycles. The van der Waals surface area contributed by atoms with Gasteiger partial charge in [-0.3, -0.25) is 0 Å². The number of hydrogen-bond donors (Lipinski definition) is 1. The Bertz CT molecular complexity index is 267. The first kappa shape index (κ1) is 23.0. The van der Waals surface area contributed by atoms with Gasteiger partial charge in [-0.05, 0) is 18.8 Å². The average molecular weight is 355 g/mol. The summed E-state index contributed by atoms with van der Waals surface area (Å²) in [4.78, 5) is 0. The van der Waals surface area contributed by atoms with E-state index < -0.39 is 0 Å². The lowest BCUT2D eigenvalue weighted by molar-refractivity contribution is 0.0377. The molecule has 0 aromatic carbocycles. The monoisotopic (exact) mass is 354 g/mol. The number of hydrogen-bond acceptors (Lipinski definition) is 2. The molecule has 2 nitrogen and oxygen atoms in total. The molecule has 1 rings (SSSR count). The molecule has 0 aliphatic carbocycles. The van der Waals surface area contributed by atoms with Crippen molar-refractivity contribution in [1.29, 1.82) is 0 Å². The third-order valence-electron chi connectivity index (χ3n) is 5.95. The van der Waals surface area contributed by atoms with Crippen LogP contribution in [-0.4, -0.2) is 24.4 Å². The Balaban J connectivity index is 1.71. The molecule has 0 radical (unpaired) electrons. The summed E-state index contributed by atoms with van der Waals surface area (Å²) in [5.41, 5.74) is 0. The van der Waals surface area contributed by atoms with Crippen LogP contribution in [0.1, 0.15) is 122 Å². The van der Waals surface area contributed by atoms with Crippen molar-refractivity contribution >= 4 is 0 Å². The molecule has 1 saturated heterocycles. The first-order chi connectivity index (χ1) is 12.4. The lowest BCUT2D eigenvalue weighted by Crippen LogP contribution is -2.20. The predicted molar refractivity (Wildman–Crippen MR) is 109 cm³/mol. The van der Waals surface area contributed by atoms with Crippen LogP contribution in [0, 0.1) is 5.92 Å². The lowest BCUT2D eigenvalue weighted by atomic mass is 9.94. The molecule has 2 atom stereocenters. The maximum atomic E-state index is 9.25. The summed E-state index contributed by atoms with van der Waals surface area (Å²) in [5, 5.41) is 9.25. The quantitative estimate of drug-likeness (QED) is 0.268. The summed E-state index contributed by atoms with van der Waals surface area (Å²) >= 11 is 0. The van der Waals surface area contributed by atoms with E-state index >= 15 is 0 Å². The fourth-order valence-corrected chi connectivity index (χ4v) is 4.18. The van der Waals surface area contributed by atoms with E-state index in [2.05, 4.69) is 6.92 Å². The molecule has 25 heavy (non-hydrogen) atoms. The molecule has 0 amide bonds. The Kier molecular flexibility index (Phi) is 15.9. The molecule has 1 aliphatic heterocycles. The van der Waals surface area contributed by atoms with Crippen molar-refractivity contribution in [3.8, 4) is 0 Å².